The molecular formula is C15H18N6O. The number of carbonyl (C=O) groups is 1. The molecule has 1 atom stereocenters. The molecule has 2 N–H and O–H groups in total. The van der Waals surface area contributed by atoms with E-state index >= 15 is 0 Å². The van der Waals surface area contributed by atoms with Crippen LogP contribution in [0.5, 0.6) is 0 Å². The van der Waals surface area contributed by atoms with Crippen molar-refractivity contribution in [3.05, 3.63) is 35.5 Å². The van der Waals surface area contributed by atoms with Gasteiger partial charge in [-0.15, -0.1) is 0 Å². The first-order valence-electron chi connectivity index (χ1n) is 7.64. The quantitative estimate of drug-likeness (QED) is 0.901. The number of aromatic nitrogens is 4. The summed E-state index contributed by atoms with van der Waals surface area (Å²) in [5.74, 6) is 0.641. The second-order valence-corrected chi connectivity index (χ2v) is 5.94. The van der Waals surface area contributed by atoms with Crippen molar-refractivity contribution in [3.63, 3.8) is 0 Å². The van der Waals surface area contributed by atoms with Crippen LogP contribution in [0.25, 0.3) is 0 Å². The highest BCUT2D eigenvalue weighted by atomic mass is 16.1. The van der Waals surface area contributed by atoms with Gasteiger partial charge in [0.25, 0.3) is 5.91 Å². The molecule has 0 bridgehead atoms. The van der Waals surface area contributed by atoms with Crippen LogP contribution in [0.15, 0.2) is 18.7 Å². The Morgan fingerprint density at radius 3 is 3.05 bits per heavy atom. The van der Waals surface area contributed by atoms with Gasteiger partial charge in [0, 0.05) is 30.5 Å². The van der Waals surface area contributed by atoms with E-state index in [4.69, 9.17) is 5.73 Å². The van der Waals surface area contributed by atoms with E-state index in [0.717, 1.165) is 38.2 Å². The number of hydrogen-bond donors (Lipinski definition) is 1. The van der Waals surface area contributed by atoms with Crippen molar-refractivity contribution in [1.29, 1.82) is 0 Å². The summed E-state index contributed by atoms with van der Waals surface area (Å²) in [5.41, 5.74) is 8.25. The van der Waals surface area contributed by atoms with Crippen LogP contribution in [0.1, 0.15) is 40.5 Å². The van der Waals surface area contributed by atoms with Crippen LogP contribution in [-0.2, 0) is 12.8 Å². The number of rotatable bonds is 3. The number of anilines is 1. The Labute approximate surface area is 128 Å². The molecule has 1 unspecified atom stereocenters. The molecule has 3 heterocycles. The molecule has 0 aromatic carbocycles. The summed E-state index contributed by atoms with van der Waals surface area (Å²) < 4.78 is 1.85. The van der Waals surface area contributed by atoms with Crippen molar-refractivity contribution in [2.24, 2.45) is 5.73 Å². The first-order chi connectivity index (χ1) is 10.7. The SMILES string of the molecule is NC(=O)c1cnn(C2CCN(c3ncnc4c3CCC4)C2)c1. The molecule has 1 aliphatic carbocycles. The summed E-state index contributed by atoms with van der Waals surface area (Å²) in [6.45, 7) is 1.79. The molecule has 1 saturated heterocycles. The highest BCUT2D eigenvalue weighted by Gasteiger charge is 2.29. The molecule has 1 amide bonds. The second-order valence-electron chi connectivity index (χ2n) is 5.94. The minimum atomic E-state index is -0.435. The zero-order valence-electron chi connectivity index (χ0n) is 12.3. The summed E-state index contributed by atoms with van der Waals surface area (Å²) in [5, 5.41) is 4.28. The topological polar surface area (TPSA) is 89.9 Å². The second kappa shape index (κ2) is 5.08. The molecule has 0 spiro atoms. The van der Waals surface area contributed by atoms with E-state index in [0.29, 0.717) is 5.56 Å². The lowest BCUT2D eigenvalue weighted by atomic mass is 10.2. The molecule has 7 heteroatoms. The standard InChI is InChI=1S/C15H18N6O/c16-14(22)10-6-19-21(7-10)11-4-5-20(8-11)15-12-2-1-3-13(12)17-9-18-15/h6-7,9,11H,1-5,8H2,(H2,16,22). The molecule has 114 valence electrons. The molecule has 22 heavy (non-hydrogen) atoms. The van der Waals surface area contributed by atoms with Crippen molar-refractivity contribution in [2.45, 2.75) is 31.7 Å². The van der Waals surface area contributed by atoms with Gasteiger partial charge in [-0.05, 0) is 25.7 Å². The van der Waals surface area contributed by atoms with Crippen LogP contribution in [-0.4, -0.2) is 38.7 Å². The zero-order chi connectivity index (χ0) is 15.1. The van der Waals surface area contributed by atoms with E-state index in [-0.39, 0.29) is 6.04 Å². The first-order valence-corrected chi connectivity index (χ1v) is 7.64. The molecular weight excluding hydrogens is 280 g/mol. The summed E-state index contributed by atoms with van der Waals surface area (Å²) >= 11 is 0. The lowest BCUT2D eigenvalue weighted by Crippen LogP contribution is -2.23. The third kappa shape index (κ3) is 2.13. The van der Waals surface area contributed by atoms with E-state index in [1.165, 1.54) is 23.9 Å². The number of amides is 1. The normalized spacial score (nSPS) is 20.4. The van der Waals surface area contributed by atoms with Gasteiger partial charge in [0.05, 0.1) is 17.8 Å². The summed E-state index contributed by atoms with van der Waals surface area (Å²) in [6.07, 6.45) is 9.22. The average molecular weight is 298 g/mol. The van der Waals surface area contributed by atoms with Gasteiger partial charge in [-0.3, -0.25) is 9.48 Å². The largest absolute Gasteiger partial charge is 0.366 e. The molecule has 0 radical (unpaired) electrons. The predicted molar refractivity (Wildman–Crippen MR) is 80.7 cm³/mol. The fraction of sp³-hybridized carbons (Fsp3) is 0.467. The van der Waals surface area contributed by atoms with Crippen LogP contribution in [0.4, 0.5) is 5.82 Å². The third-order valence-corrected chi connectivity index (χ3v) is 4.58. The van der Waals surface area contributed by atoms with Crippen LogP contribution in [0, 0.1) is 0 Å². The summed E-state index contributed by atoms with van der Waals surface area (Å²) in [7, 11) is 0. The Kier molecular flexibility index (Phi) is 3.06. The van der Waals surface area contributed by atoms with Crippen molar-refractivity contribution in [3.8, 4) is 0 Å². The maximum absolute atomic E-state index is 11.2. The minimum Gasteiger partial charge on any atom is -0.366 e. The van der Waals surface area contributed by atoms with E-state index < -0.39 is 5.91 Å². The number of aryl methyl sites for hydroxylation is 1. The van der Waals surface area contributed by atoms with E-state index in [1.54, 1.807) is 12.5 Å². The molecule has 2 aliphatic rings. The Balaban J connectivity index is 1.55. The van der Waals surface area contributed by atoms with Gasteiger partial charge in [-0.2, -0.15) is 5.10 Å². The fourth-order valence-electron chi connectivity index (χ4n) is 3.43. The molecule has 4 rings (SSSR count). The van der Waals surface area contributed by atoms with Gasteiger partial charge < -0.3 is 10.6 Å². The maximum Gasteiger partial charge on any atom is 0.251 e. The van der Waals surface area contributed by atoms with Gasteiger partial charge in [-0.25, -0.2) is 9.97 Å². The van der Waals surface area contributed by atoms with E-state index in [2.05, 4.69) is 20.0 Å². The third-order valence-electron chi connectivity index (χ3n) is 4.58. The number of fused-ring (bicyclic) bond motifs is 1. The highest BCUT2D eigenvalue weighted by molar-refractivity contribution is 5.92. The lowest BCUT2D eigenvalue weighted by molar-refractivity contribution is 0.1000. The van der Waals surface area contributed by atoms with Crippen LogP contribution in [0.3, 0.4) is 0 Å². The van der Waals surface area contributed by atoms with Gasteiger partial charge in [-0.1, -0.05) is 0 Å². The molecule has 1 fully saturated rings. The van der Waals surface area contributed by atoms with E-state index in [9.17, 15) is 4.79 Å². The zero-order valence-corrected chi connectivity index (χ0v) is 12.3. The van der Waals surface area contributed by atoms with Gasteiger partial charge in [0.15, 0.2) is 0 Å². The van der Waals surface area contributed by atoms with E-state index in [1.807, 2.05) is 4.68 Å². The molecule has 2 aromatic heterocycles. The smallest absolute Gasteiger partial charge is 0.251 e. The Bertz CT molecular complexity index is 725. The summed E-state index contributed by atoms with van der Waals surface area (Å²) in [4.78, 5) is 22.4. The number of nitrogens with two attached hydrogens (primary N) is 1. The lowest BCUT2D eigenvalue weighted by Gasteiger charge is -2.20. The number of hydrogen-bond acceptors (Lipinski definition) is 5. The monoisotopic (exact) mass is 298 g/mol. The number of primary amides is 1. The molecule has 0 saturated carbocycles. The van der Waals surface area contributed by atoms with Crippen LogP contribution >= 0.6 is 0 Å². The van der Waals surface area contributed by atoms with Crippen molar-refractivity contribution >= 4 is 11.7 Å². The van der Waals surface area contributed by atoms with Crippen molar-refractivity contribution in [1.82, 2.24) is 19.7 Å². The van der Waals surface area contributed by atoms with Gasteiger partial charge in [0.2, 0.25) is 0 Å². The minimum absolute atomic E-state index is 0.250. The van der Waals surface area contributed by atoms with Gasteiger partial charge in [0.1, 0.15) is 12.1 Å². The fourth-order valence-corrected chi connectivity index (χ4v) is 3.43. The van der Waals surface area contributed by atoms with Crippen LogP contribution in [0.2, 0.25) is 0 Å². The maximum atomic E-state index is 11.2. The summed E-state index contributed by atoms with van der Waals surface area (Å²) in [6, 6.07) is 0.250. The number of carbonyl (C=O) groups excluding carboxylic acids is 1. The van der Waals surface area contributed by atoms with Crippen molar-refractivity contribution in [2.75, 3.05) is 18.0 Å². The molecule has 7 nitrogen and oxygen atoms in total. The Morgan fingerprint density at radius 2 is 2.23 bits per heavy atom. The average Bonchev–Trinajstić information content (AvgIpc) is 3.25. The molecule has 2 aromatic rings. The Morgan fingerprint density at radius 1 is 1.32 bits per heavy atom. The van der Waals surface area contributed by atoms with Crippen LogP contribution < -0.4 is 10.6 Å². The first kappa shape index (κ1) is 13.2. The molecule has 1 aliphatic heterocycles. The van der Waals surface area contributed by atoms with Crippen molar-refractivity contribution < 1.29 is 4.79 Å². The van der Waals surface area contributed by atoms with Gasteiger partial charge >= 0.3 is 0 Å². The predicted octanol–water partition coefficient (Wildman–Crippen LogP) is 0.712. The Hall–Kier alpha value is -2.44. The highest BCUT2D eigenvalue weighted by Crippen LogP contribution is 2.32. The number of nitrogens with zero attached hydrogens (tertiary/aromatic N) is 5.